The molecule has 4 heterocycles. The third-order valence-corrected chi connectivity index (χ3v) is 5.20. The van der Waals surface area contributed by atoms with Crippen molar-refractivity contribution in [1.29, 1.82) is 0 Å². The fourth-order valence-electron chi connectivity index (χ4n) is 2.49. The topological polar surface area (TPSA) is 83.8 Å². The number of hydrogen-bond acceptors (Lipinski definition) is 7. The predicted octanol–water partition coefficient (Wildman–Crippen LogP) is 4.13. The highest BCUT2D eigenvalue weighted by Gasteiger charge is 2.15. The second-order valence-electron chi connectivity index (χ2n) is 5.88. The number of aromatic nitrogens is 6. The molecule has 0 saturated carbocycles. The van der Waals surface area contributed by atoms with Crippen LogP contribution in [0.25, 0.3) is 16.9 Å². The number of aryl methyl sites for hydroxylation is 1. The molecule has 0 aromatic carbocycles. The molecule has 0 saturated heterocycles. The van der Waals surface area contributed by atoms with E-state index in [9.17, 15) is 0 Å². The Morgan fingerprint density at radius 3 is 2.88 bits per heavy atom. The van der Waals surface area contributed by atoms with Crippen molar-refractivity contribution < 1.29 is 0 Å². The lowest BCUT2D eigenvalue weighted by atomic mass is 10.3. The van der Waals surface area contributed by atoms with Gasteiger partial charge in [0.25, 0.3) is 0 Å². The highest BCUT2D eigenvalue weighted by molar-refractivity contribution is 7.99. The van der Waals surface area contributed by atoms with E-state index in [1.807, 2.05) is 31.6 Å². The summed E-state index contributed by atoms with van der Waals surface area (Å²) in [4.78, 5) is 9.33. The van der Waals surface area contributed by atoms with Crippen LogP contribution in [0.2, 0.25) is 0 Å². The molecular weight excluding hydrogens is 354 g/mol. The Labute approximate surface area is 153 Å². The van der Waals surface area contributed by atoms with Crippen LogP contribution in [0.4, 0.5) is 10.8 Å². The molecule has 0 spiro atoms. The van der Waals surface area contributed by atoms with Crippen molar-refractivity contribution in [2.45, 2.75) is 31.0 Å². The number of H-pyrrole nitrogens is 1. The van der Waals surface area contributed by atoms with Gasteiger partial charge in [0.15, 0.2) is 11.5 Å². The fourth-order valence-corrected chi connectivity index (χ4v) is 3.95. The van der Waals surface area contributed by atoms with Crippen LogP contribution >= 0.6 is 23.3 Å². The zero-order valence-corrected chi connectivity index (χ0v) is 15.6. The van der Waals surface area contributed by atoms with Crippen LogP contribution in [0.15, 0.2) is 35.9 Å². The third kappa shape index (κ3) is 3.24. The SMILES string of the molecule is Cc1cc(Nc2nc(SC(C)C)cn3c(-c4cn[nH]c4)cnc23)sn1. The minimum absolute atomic E-state index is 0.435. The van der Waals surface area contributed by atoms with Crippen molar-refractivity contribution in [2.24, 2.45) is 0 Å². The van der Waals surface area contributed by atoms with Crippen LogP contribution < -0.4 is 5.32 Å². The van der Waals surface area contributed by atoms with E-state index in [1.165, 1.54) is 11.5 Å². The van der Waals surface area contributed by atoms with Crippen LogP contribution in [0.3, 0.4) is 0 Å². The molecule has 0 radical (unpaired) electrons. The van der Waals surface area contributed by atoms with E-state index in [2.05, 4.69) is 43.1 Å². The molecule has 4 aromatic heterocycles. The number of fused-ring (bicyclic) bond motifs is 1. The zero-order valence-electron chi connectivity index (χ0n) is 14.0. The van der Waals surface area contributed by atoms with Crippen LogP contribution in [-0.4, -0.2) is 34.2 Å². The van der Waals surface area contributed by atoms with Gasteiger partial charge in [-0.3, -0.25) is 9.50 Å². The number of hydrogen-bond donors (Lipinski definition) is 2. The van der Waals surface area contributed by atoms with Crippen molar-refractivity contribution in [2.75, 3.05) is 5.32 Å². The van der Waals surface area contributed by atoms with E-state index in [1.54, 1.807) is 18.0 Å². The maximum Gasteiger partial charge on any atom is 0.181 e. The monoisotopic (exact) mass is 371 g/mol. The van der Waals surface area contributed by atoms with Gasteiger partial charge in [-0.25, -0.2) is 9.97 Å². The molecule has 0 amide bonds. The number of nitrogens with one attached hydrogen (secondary N) is 2. The third-order valence-electron chi connectivity index (χ3n) is 3.49. The summed E-state index contributed by atoms with van der Waals surface area (Å²) in [6.07, 6.45) is 7.52. The van der Waals surface area contributed by atoms with Gasteiger partial charge in [-0.05, 0) is 24.5 Å². The summed E-state index contributed by atoms with van der Waals surface area (Å²) in [5, 5.41) is 12.6. The summed E-state index contributed by atoms with van der Waals surface area (Å²) in [7, 11) is 0. The number of thioether (sulfide) groups is 1. The van der Waals surface area contributed by atoms with Gasteiger partial charge in [0.2, 0.25) is 0 Å². The van der Waals surface area contributed by atoms with Gasteiger partial charge >= 0.3 is 0 Å². The van der Waals surface area contributed by atoms with Gasteiger partial charge in [0.1, 0.15) is 10.0 Å². The zero-order chi connectivity index (χ0) is 17.4. The fraction of sp³-hybridized carbons (Fsp3) is 0.250. The molecule has 0 unspecified atom stereocenters. The molecular formula is C16H17N7S2. The molecule has 7 nitrogen and oxygen atoms in total. The van der Waals surface area contributed by atoms with Crippen molar-refractivity contribution >= 4 is 39.8 Å². The number of nitrogens with zero attached hydrogens (tertiary/aromatic N) is 5. The summed E-state index contributed by atoms with van der Waals surface area (Å²) in [6.45, 7) is 6.28. The Balaban J connectivity index is 1.85. The Kier molecular flexibility index (Phi) is 4.18. The van der Waals surface area contributed by atoms with Gasteiger partial charge in [-0.1, -0.05) is 13.8 Å². The first-order valence-corrected chi connectivity index (χ1v) is 9.49. The molecule has 0 bridgehead atoms. The minimum atomic E-state index is 0.435. The summed E-state index contributed by atoms with van der Waals surface area (Å²) in [5.74, 6) is 0.726. The number of anilines is 2. The van der Waals surface area contributed by atoms with Crippen LogP contribution in [0, 0.1) is 6.92 Å². The average molecular weight is 371 g/mol. The van der Waals surface area contributed by atoms with Crippen molar-refractivity contribution in [1.82, 2.24) is 28.9 Å². The van der Waals surface area contributed by atoms with E-state index in [0.29, 0.717) is 5.25 Å². The Bertz CT molecular complexity index is 1000. The lowest BCUT2D eigenvalue weighted by Crippen LogP contribution is -2.01. The summed E-state index contributed by atoms with van der Waals surface area (Å²) in [6, 6.07) is 2.00. The normalized spacial score (nSPS) is 11.5. The molecule has 0 aliphatic carbocycles. The molecule has 0 aliphatic heterocycles. The molecule has 2 N–H and O–H groups in total. The molecule has 4 aromatic rings. The lowest BCUT2D eigenvalue weighted by molar-refractivity contribution is 1.01. The lowest BCUT2D eigenvalue weighted by Gasteiger charge is -2.10. The molecule has 128 valence electrons. The van der Waals surface area contributed by atoms with Gasteiger partial charge in [0, 0.05) is 23.2 Å². The van der Waals surface area contributed by atoms with Gasteiger partial charge in [0.05, 0.1) is 23.8 Å². The van der Waals surface area contributed by atoms with Gasteiger partial charge < -0.3 is 5.32 Å². The standard InChI is InChI=1S/C16H17N7S2/c1-9(2)24-14-8-23-12(11-5-18-19-6-11)7-17-16(23)15(21-14)20-13-4-10(3)22-25-13/h4-9H,1-3H3,(H,18,19)(H,20,21). The quantitative estimate of drug-likeness (QED) is 0.513. The molecule has 0 fully saturated rings. The van der Waals surface area contributed by atoms with E-state index < -0.39 is 0 Å². The molecule has 9 heteroatoms. The maximum absolute atomic E-state index is 4.76. The van der Waals surface area contributed by atoms with Crippen molar-refractivity contribution in [3.8, 4) is 11.3 Å². The number of imidazole rings is 1. The van der Waals surface area contributed by atoms with E-state index in [4.69, 9.17) is 4.98 Å². The van der Waals surface area contributed by atoms with Crippen molar-refractivity contribution in [3.05, 3.63) is 36.5 Å². The number of rotatable bonds is 5. The second-order valence-corrected chi connectivity index (χ2v) is 8.28. The second kappa shape index (κ2) is 6.49. The summed E-state index contributed by atoms with van der Waals surface area (Å²) < 4.78 is 6.37. The minimum Gasteiger partial charge on any atom is -0.328 e. The van der Waals surface area contributed by atoms with E-state index in [-0.39, 0.29) is 0 Å². The Morgan fingerprint density at radius 2 is 2.20 bits per heavy atom. The molecule has 0 atom stereocenters. The average Bonchev–Trinajstić information content (AvgIpc) is 3.26. The smallest absolute Gasteiger partial charge is 0.181 e. The van der Waals surface area contributed by atoms with E-state index in [0.717, 1.165) is 38.4 Å². The van der Waals surface area contributed by atoms with Crippen LogP contribution in [0.1, 0.15) is 19.5 Å². The summed E-state index contributed by atoms with van der Waals surface area (Å²) >= 11 is 3.13. The van der Waals surface area contributed by atoms with Crippen LogP contribution in [0.5, 0.6) is 0 Å². The largest absolute Gasteiger partial charge is 0.328 e. The first kappa shape index (κ1) is 16.1. The predicted molar refractivity (Wildman–Crippen MR) is 102 cm³/mol. The molecule has 4 rings (SSSR count). The highest BCUT2D eigenvalue weighted by atomic mass is 32.2. The van der Waals surface area contributed by atoms with E-state index >= 15 is 0 Å². The molecule has 25 heavy (non-hydrogen) atoms. The van der Waals surface area contributed by atoms with Crippen molar-refractivity contribution in [3.63, 3.8) is 0 Å². The van der Waals surface area contributed by atoms with Gasteiger partial charge in [-0.15, -0.1) is 11.8 Å². The Morgan fingerprint density at radius 1 is 1.32 bits per heavy atom. The van der Waals surface area contributed by atoms with Gasteiger partial charge in [-0.2, -0.15) is 9.47 Å². The number of aromatic amines is 1. The Hall–Kier alpha value is -2.39. The first-order chi connectivity index (χ1) is 12.1. The molecule has 0 aliphatic rings. The highest BCUT2D eigenvalue weighted by Crippen LogP contribution is 2.30. The maximum atomic E-state index is 4.76. The first-order valence-electron chi connectivity index (χ1n) is 7.84. The summed E-state index contributed by atoms with van der Waals surface area (Å²) in [5.41, 5.74) is 3.72. The van der Waals surface area contributed by atoms with Crippen LogP contribution in [-0.2, 0) is 0 Å².